The van der Waals surface area contributed by atoms with Gasteiger partial charge in [0.25, 0.3) is 0 Å². The summed E-state index contributed by atoms with van der Waals surface area (Å²) in [5.74, 6) is 0.827. The molecule has 0 aromatic carbocycles. The van der Waals surface area contributed by atoms with Gasteiger partial charge in [0, 0.05) is 24.5 Å². The summed E-state index contributed by atoms with van der Waals surface area (Å²) in [6.07, 6.45) is 1.91. The lowest BCUT2D eigenvalue weighted by Crippen LogP contribution is -2.37. The normalized spacial score (nSPS) is 12.2. The number of likely N-dealkylation sites (N-methyl/N-ethyl adjacent to an activating group) is 1. The van der Waals surface area contributed by atoms with E-state index in [4.69, 9.17) is 0 Å². The largest absolute Gasteiger partial charge is 0.355 e. The number of rotatable bonds is 6. The summed E-state index contributed by atoms with van der Waals surface area (Å²) in [4.78, 5) is 15.8. The zero-order valence-electron chi connectivity index (χ0n) is 9.91. The second-order valence-corrected chi connectivity index (χ2v) is 4.28. The van der Waals surface area contributed by atoms with Crippen LogP contribution in [0.25, 0.3) is 0 Å². The first kappa shape index (κ1) is 12.9. The first-order chi connectivity index (χ1) is 7.67. The van der Waals surface area contributed by atoms with E-state index >= 15 is 0 Å². The van der Waals surface area contributed by atoms with Gasteiger partial charge >= 0.3 is 0 Å². The van der Waals surface area contributed by atoms with E-state index in [-0.39, 0.29) is 11.9 Å². The molecule has 0 saturated carbocycles. The van der Waals surface area contributed by atoms with Crippen molar-refractivity contribution in [1.29, 1.82) is 0 Å². The Balaban J connectivity index is 2.48. The Morgan fingerprint density at radius 2 is 2.25 bits per heavy atom. The molecule has 1 aromatic heterocycles. The van der Waals surface area contributed by atoms with Gasteiger partial charge in [0.15, 0.2) is 0 Å². The number of nitrogens with zero attached hydrogens (tertiary/aromatic N) is 2. The van der Waals surface area contributed by atoms with E-state index in [1.165, 1.54) is 11.5 Å². The topological polar surface area (TPSA) is 66.9 Å². The van der Waals surface area contributed by atoms with Gasteiger partial charge < -0.3 is 10.6 Å². The van der Waals surface area contributed by atoms with Crippen LogP contribution in [0.5, 0.6) is 0 Å². The van der Waals surface area contributed by atoms with Crippen LogP contribution in [0.3, 0.4) is 0 Å². The molecule has 2 N–H and O–H groups in total. The minimum absolute atomic E-state index is 0.0188. The van der Waals surface area contributed by atoms with Gasteiger partial charge in [0.05, 0.1) is 0 Å². The summed E-state index contributed by atoms with van der Waals surface area (Å²) in [6.45, 7) is 6.44. The predicted octanol–water partition coefficient (Wildman–Crippen LogP) is 1.43. The number of aryl methyl sites for hydroxylation is 1. The quantitative estimate of drug-likeness (QED) is 0.792. The zero-order valence-corrected chi connectivity index (χ0v) is 10.7. The molecule has 1 rings (SSSR count). The number of carbonyl (C=O) groups is 1. The second-order valence-electron chi connectivity index (χ2n) is 3.53. The van der Waals surface area contributed by atoms with Crippen molar-refractivity contribution in [2.75, 3.05) is 11.9 Å². The van der Waals surface area contributed by atoms with Crippen LogP contribution < -0.4 is 10.6 Å². The molecule has 6 heteroatoms. The van der Waals surface area contributed by atoms with Crippen molar-refractivity contribution in [3.8, 4) is 0 Å². The summed E-state index contributed by atoms with van der Waals surface area (Å²) in [5.41, 5.74) is 0. The maximum Gasteiger partial charge on any atom is 0.242 e. The molecule has 0 saturated heterocycles. The molecule has 0 radical (unpaired) electrons. The van der Waals surface area contributed by atoms with Gasteiger partial charge in [-0.15, -0.1) is 0 Å². The van der Waals surface area contributed by atoms with Crippen LogP contribution in [0.1, 0.15) is 33.0 Å². The average Bonchev–Trinajstić information content (AvgIpc) is 2.66. The molecular weight excluding hydrogens is 224 g/mol. The smallest absolute Gasteiger partial charge is 0.242 e. The second kappa shape index (κ2) is 6.42. The SMILES string of the molecule is CCCc1nsc(NC(C)C(=O)NCC)n1. The summed E-state index contributed by atoms with van der Waals surface area (Å²) >= 11 is 1.30. The Hall–Kier alpha value is -1.17. The number of amides is 1. The fourth-order valence-electron chi connectivity index (χ4n) is 1.22. The monoisotopic (exact) mass is 242 g/mol. The van der Waals surface area contributed by atoms with Crippen LogP contribution in [0.4, 0.5) is 5.13 Å². The van der Waals surface area contributed by atoms with E-state index in [1.807, 2.05) is 13.8 Å². The van der Waals surface area contributed by atoms with Crippen molar-refractivity contribution < 1.29 is 4.79 Å². The highest BCUT2D eigenvalue weighted by Gasteiger charge is 2.13. The van der Waals surface area contributed by atoms with E-state index in [2.05, 4.69) is 26.9 Å². The third kappa shape index (κ3) is 3.77. The number of carbonyl (C=O) groups excluding carboxylic acids is 1. The Labute approximate surface area is 99.8 Å². The van der Waals surface area contributed by atoms with Crippen LogP contribution >= 0.6 is 11.5 Å². The Morgan fingerprint density at radius 3 is 2.88 bits per heavy atom. The molecule has 0 aliphatic heterocycles. The highest BCUT2D eigenvalue weighted by molar-refractivity contribution is 7.09. The number of anilines is 1. The lowest BCUT2D eigenvalue weighted by molar-refractivity contribution is -0.121. The van der Waals surface area contributed by atoms with Gasteiger partial charge in [-0.05, 0) is 20.3 Å². The maximum absolute atomic E-state index is 11.5. The third-order valence-electron chi connectivity index (χ3n) is 2.03. The minimum atomic E-state index is -0.276. The first-order valence-electron chi connectivity index (χ1n) is 5.54. The Kier molecular flexibility index (Phi) is 5.18. The van der Waals surface area contributed by atoms with E-state index in [0.29, 0.717) is 11.7 Å². The van der Waals surface area contributed by atoms with Gasteiger partial charge in [-0.25, -0.2) is 4.98 Å². The summed E-state index contributed by atoms with van der Waals surface area (Å²) in [7, 11) is 0. The molecule has 0 spiro atoms. The van der Waals surface area contributed by atoms with Crippen LogP contribution in [-0.2, 0) is 11.2 Å². The van der Waals surface area contributed by atoms with Gasteiger partial charge in [-0.3, -0.25) is 4.79 Å². The predicted molar refractivity (Wildman–Crippen MR) is 65.7 cm³/mol. The summed E-state index contributed by atoms with van der Waals surface area (Å²) in [5, 5.41) is 6.50. The fourth-order valence-corrected chi connectivity index (χ4v) is 1.92. The Morgan fingerprint density at radius 1 is 1.50 bits per heavy atom. The number of nitrogens with one attached hydrogen (secondary N) is 2. The summed E-state index contributed by atoms with van der Waals surface area (Å²) < 4.78 is 4.20. The van der Waals surface area contributed by atoms with Gasteiger partial charge in [0.2, 0.25) is 11.0 Å². The highest BCUT2D eigenvalue weighted by atomic mass is 32.1. The lowest BCUT2D eigenvalue weighted by atomic mass is 10.3. The van der Waals surface area contributed by atoms with E-state index in [0.717, 1.165) is 18.7 Å². The molecular formula is C10H18N4OS. The maximum atomic E-state index is 11.5. The molecule has 1 atom stereocenters. The highest BCUT2D eigenvalue weighted by Crippen LogP contribution is 2.13. The van der Waals surface area contributed by atoms with Gasteiger partial charge in [0.1, 0.15) is 11.9 Å². The molecule has 1 aromatic rings. The molecule has 5 nitrogen and oxygen atoms in total. The number of hydrogen-bond acceptors (Lipinski definition) is 5. The molecule has 90 valence electrons. The van der Waals surface area contributed by atoms with Crippen molar-refractivity contribution in [1.82, 2.24) is 14.7 Å². The van der Waals surface area contributed by atoms with Crippen molar-refractivity contribution in [2.24, 2.45) is 0 Å². The summed E-state index contributed by atoms with van der Waals surface area (Å²) in [6, 6.07) is -0.276. The third-order valence-corrected chi connectivity index (χ3v) is 2.71. The molecule has 1 unspecified atom stereocenters. The molecule has 0 aliphatic rings. The minimum Gasteiger partial charge on any atom is -0.355 e. The van der Waals surface area contributed by atoms with Crippen molar-refractivity contribution in [2.45, 2.75) is 39.7 Å². The average molecular weight is 242 g/mol. The zero-order chi connectivity index (χ0) is 12.0. The van der Waals surface area contributed by atoms with E-state index in [1.54, 1.807) is 0 Å². The van der Waals surface area contributed by atoms with E-state index in [9.17, 15) is 4.79 Å². The number of aromatic nitrogens is 2. The lowest BCUT2D eigenvalue weighted by Gasteiger charge is -2.11. The van der Waals surface area contributed by atoms with Crippen LogP contribution in [0, 0.1) is 0 Å². The van der Waals surface area contributed by atoms with Crippen LogP contribution in [0.15, 0.2) is 0 Å². The first-order valence-corrected chi connectivity index (χ1v) is 6.31. The van der Waals surface area contributed by atoms with Crippen LogP contribution in [0.2, 0.25) is 0 Å². The molecule has 1 heterocycles. The molecule has 0 bridgehead atoms. The molecule has 1 amide bonds. The Bertz CT molecular complexity index is 339. The molecule has 0 fully saturated rings. The van der Waals surface area contributed by atoms with Crippen LogP contribution in [-0.4, -0.2) is 27.9 Å². The molecule has 16 heavy (non-hydrogen) atoms. The standard InChI is InChI=1S/C10H18N4OS/c1-4-6-8-13-10(16-14-8)12-7(3)9(15)11-5-2/h7H,4-6H2,1-3H3,(H,11,15)(H,12,13,14). The fraction of sp³-hybridized carbons (Fsp3) is 0.700. The van der Waals surface area contributed by atoms with Crippen molar-refractivity contribution in [3.05, 3.63) is 5.82 Å². The molecule has 0 aliphatic carbocycles. The van der Waals surface area contributed by atoms with Crippen molar-refractivity contribution in [3.63, 3.8) is 0 Å². The van der Waals surface area contributed by atoms with Gasteiger partial charge in [-0.2, -0.15) is 4.37 Å². The van der Waals surface area contributed by atoms with Crippen molar-refractivity contribution >= 4 is 22.6 Å². The van der Waals surface area contributed by atoms with E-state index < -0.39 is 0 Å². The van der Waals surface area contributed by atoms with Gasteiger partial charge in [-0.1, -0.05) is 6.92 Å². The number of hydrogen-bond donors (Lipinski definition) is 2.